The Labute approximate surface area is 168 Å². The van der Waals surface area contributed by atoms with Gasteiger partial charge in [-0.05, 0) is 30.9 Å². The summed E-state index contributed by atoms with van der Waals surface area (Å²) in [6.45, 7) is 10.1. The van der Waals surface area contributed by atoms with Crippen molar-refractivity contribution in [2.24, 2.45) is 11.8 Å². The largest absolute Gasteiger partial charge is 0.361 e. The Morgan fingerprint density at radius 3 is 2.36 bits per heavy atom. The molecule has 0 fully saturated rings. The molecule has 1 heterocycles. The molecule has 1 aromatic carbocycles. The van der Waals surface area contributed by atoms with Gasteiger partial charge in [0.25, 0.3) is 0 Å². The fourth-order valence-electron chi connectivity index (χ4n) is 3.32. The molecule has 28 heavy (non-hydrogen) atoms. The summed E-state index contributed by atoms with van der Waals surface area (Å²) in [7, 11) is 0. The van der Waals surface area contributed by atoms with Crippen LogP contribution < -0.4 is 10.6 Å². The second-order valence-electron chi connectivity index (χ2n) is 8.51. The van der Waals surface area contributed by atoms with Crippen molar-refractivity contribution in [3.05, 3.63) is 36.0 Å². The molecule has 0 saturated carbocycles. The van der Waals surface area contributed by atoms with Gasteiger partial charge in [-0.15, -0.1) is 0 Å². The third-order valence-electron chi connectivity index (χ3n) is 5.06. The molecule has 2 rings (SSSR count). The minimum atomic E-state index is -0.582. The van der Waals surface area contributed by atoms with E-state index in [2.05, 4.69) is 29.5 Å². The van der Waals surface area contributed by atoms with Crippen LogP contribution >= 0.6 is 0 Å². The van der Waals surface area contributed by atoms with Gasteiger partial charge in [0.15, 0.2) is 0 Å². The van der Waals surface area contributed by atoms with E-state index in [4.69, 9.17) is 0 Å². The van der Waals surface area contributed by atoms with Gasteiger partial charge in [-0.3, -0.25) is 9.59 Å². The van der Waals surface area contributed by atoms with Crippen molar-refractivity contribution in [1.29, 1.82) is 0 Å². The molecule has 2 unspecified atom stereocenters. The van der Waals surface area contributed by atoms with E-state index in [0.29, 0.717) is 12.3 Å². The van der Waals surface area contributed by atoms with Gasteiger partial charge in [-0.25, -0.2) is 0 Å². The Morgan fingerprint density at radius 2 is 1.68 bits per heavy atom. The summed E-state index contributed by atoms with van der Waals surface area (Å²) in [5.41, 5.74) is 2.07. The first kappa shape index (κ1) is 22.0. The van der Waals surface area contributed by atoms with Gasteiger partial charge in [-0.2, -0.15) is 0 Å². The molecule has 0 radical (unpaired) electrons. The van der Waals surface area contributed by atoms with Crippen LogP contribution in [0, 0.1) is 11.8 Å². The van der Waals surface area contributed by atoms with Crippen LogP contribution in [0.1, 0.15) is 59.4 Å². The van der Waals surface area contributed by atoms with Crippen molar-refractivity contribution in [2.75, 3.05) is 0 Å². The molecule has 154 valence electrons. The van der Waals surface area contributed by atoms with E-state index < -0.39 is 6.04 Å². The molecule has 0 bridgehead atoms. The lowest BCUT2D eigenvalue weighted by molar-refractivity contribution is -0.130. The molecule has 0 aliphatic heterocycles. The van der Waals surface area contributed by atoms with E-state index in [1.807, 2.05) is 51.2 Å². The van der Waals surface area contributed by atoms with Crippen molar-refractivity contribution in [2.45, 2.75) is 72.4 Å². The highest BCUT2D eigenvalue weighted by atomic mass is 16.2. The summed E-state index contributed by atoms with van der Waals surface area (Å²) in [5, 5.41) is 7.12. The second kappa shape index (κ2) is 10.3. The van der Waals surface area contributed by atoms with Crippen LogP contribution in [0.25, 0.3) is 10.9 Å². The number of aromatic amines is 1. The summed E-state index contributed by atoms with van der Waals surface area (Å²) in [5.74, 6) is 0.286. The number of rotatable bonds is 10. The Morgan fingerprint density at radius 1 is 0.964 bits per heavy atom. The van der Waals surface area contributed by atoms with E-state index in [9.17, 15) is 9.59 Å². The maximum atomic E-state index is 12.9. The average molecular weight is 386 g/mol. The van der Waals surface area contributed by atoms with Crippen molar-refractivity contribution in [3.8, 4) is 0 Å². The number of carbonyl (C=O) groups excluding carboxylic acids is 2. The number of hydrogen-bond acceptors (Lipinski definition) is 2. The lowest BCUT2D eigenvalue weighted by atomic mass is 10.0. The van der Waals surface area contributed by atoms with E-state index in [-0.39, 0.29) is 23.8 Å². The zero-order chi connectivity index (χ0) is 20.7. The molecule has 2 amide bonds. The number of para-hydroxylation sites is 1. The smallest absolute Gasteiger partial charge is 0.243 e. The normalized spacial score (nSPS) is 13.7. The van der Waals surface area contributed by atoms with Crippen LogP contribution in [-0.4, -0.2) is 28.9 Å². The number of amides is 2. The Balaban J connectivity index is 2.08. The van der Waals surface area contributed by atoms with Gasteiger partial charge in [0, 0.05) is 35.5 Å². The molecule has 0 aliphatic carbocycles. The first-order chi connectivity index (χ1) is 13.3. The standard InChI is InChI=1S/C23H35N3O2/c1-15(2)9-8-10-17(5)25-23(28)21(26-22(27)16(3)4)13-18-14-24-20-12-7-6-11-19(18)20/h6-7,11-12,14-17,21,24H,8-10,13H2,1-5H3,(H,25,28)(H,26,27). The quantitative estimate of drug-likeness (QED) is 0.574. The molecule has 0 aliphatic rings. The summed E-state index contributed by atoms with van der Waals surface area (Å²) in [6, 6.07) is 7.52. The minimum absolute atomic E-state index is 0.0904. The van der Waals surface area contributed by atoms with Gasteiger partial charge in [0.1, 0.15) is 6.04 Å². The second-order valence-corrected chi connectivity index (χ2v) is 8.51. The van der Waals surface area contributed by atoms with Gasteiger partial charge in [-0.1, -0.05) is 58.7 Å². The van der Waals surface area contributed by atoms with Crippen LogP contribution in [-0.2, 0) is 16.0 Å². The maximum absolute atomic E-state index is 12.9. The molecule has 0 spiro atoms. The molecule has 0 saturated heterocycles. The SMILES string of the molecule is CC(C)CCCC(C)NC(=O)C(Cc1c[nH]c2ccccc12)NC(=O)C(C)C. The van der Waals surface area contributed by atoms with Crippen molar-refractivity contribution >= 4 is 22.7 Å². The van der Waals surface area contributed by atoms with E-state index in [1.54, 1.807) is 0 Å². The topological polar surface area (TPSA) is 74.0 Å². The third-order valence-corrected chi connectivity index (χ3v) is 5.06. The molecule has 5 heteroatoms. The Kier molecular flexibility index (Phi) is 8.09. The highest BCUT2D eigenvalue weighted by Gasteiger charge is 2.24. The van der Waals surface area contributed by atoms with Crippen LogP contribution in [0.4, 0.5) is 0 Å². The number of hydrogen-bond donors (Lipinski definition) is 3. The van der Waals surface area contributed by atoms with E-state index >= 15 is 0 Å². The van der Waals surface area contributed by atoms with E-state index in [1.165, 1.54) is 0 Å². The molecular weight excluding hydrogens is 350 g/mol. The fourth-order valence-corrected chi connectivity index (χ4v) is 3.32. The summed E-state index contributed by atoms with van der Waals surface area (Å²) < 4.78 is 0. The lowest BCUT2D eigenvalue weighted by Gasteiger charge is -2.22. The maximum Gasteiger partial charge on any atom is 0.243 e. The van der Waals surface area contributed by atoms with Crippen molar-refractivity contribution < 1.29 is 9.59 Å². The predicted molar refractivity (Wildman–Crippen MR) is 115 cm³/mol. The summed E-state index contributed by atoms with van der Waals surface area (Å²) >= 11 is 0. The Bertz CT molecular complexity index is 779. The fraction of sp³-hybridized carbons (Fsp3) is 0.565. The molecule has 2 atom stereocenters. The highest BCUT2D eigenvalue weighted by Crippen LogP contribution is 2.19. The molecule has 5 nitrogen and oxygen atoms in total. The number of H-pyrrole nitrogens is 1. The summed E-state index contributed by atoms with van der Waals surface area (Å²) in [4.78, 5) is 28.5. The zero-order valence-electron chi connectivity index (χ0n) is 17.8. The molecule has 3 N–H and O–H groups in total. The van der Waals surface area contributed by atoms with Crippen molar-refractivity contribution in [3.63, 3.8) is 0 Å². The van der Waals surface area contributed by atoms with Gasteiger partial charge in [0.2, 0.25) is 11.8 Å². The van der Waals surface area contributed by atoms with Gasteiger partial charge < -0.3 is 15.6 Å². The number of carbonyl (C=O) groups is 2. The van der Waals surface area contributed by atoms with Gasteiger partial charge >= 0.3 is 0 Å². The average Bonchev–Trinajstić information content (AvgIpc) is 3.03. The minimum Gasteiger partial charge on any atom is -0.361 e. The number of nitrogens with one attached hydrogen (secondary N) is 3. The van der Waals surface area contributed by atoms with E-state index in [0.717, 1.165) is 35.7 Å². The Hall–Kier alpha value is -2.30. The highest BCUT2D eigenvalue weighted by molar-refractivity contribution is 5.90. The predicted octanol–water partition coefficient (Wildman–Crippen LogP) is 4.18. The van der Waals surface area contributed by atoms with Crippen LogP contribution in [0.5, 0.6) is 0 Å². The van der Waals surface area contributed by atoms with Gasteiger partial charge in [0.05, 0.1) is 0 Å². The molecule has 2 aromatic rings. The molecule has 1 aromatic heterocycles. The monoisotopic (exact) mass is 385 g/mol. The lowest BCUT2D eigenvalue weighted by Crippen LogP contribution is -2.51. The van der Waals surface area contributed by atoms with Crippen LogP contribution in [0.15, 0.2) is 30.5 Å². The molecular formula is C23H35N3O2. The number of benzene rings is 1. The number of aromatic nitrogens is 1. The first-order valence-electron chi connectivity index (χ1n) is 10.4. The third kappa shape index (κ3) is 6.39. The van der Waals surface area contributed by atoms with Crippen LogP contribution in [0.2, 0.25) is 0 Å². The number of fused-ring (bicyclic) bond motifs is 1. The zero-order valence-corrected chi connectivity index (χ0v) is 17.8. The van der Waals surface area contributed by atoms with Crippen molar-refractivity contribution in [1.82, 2.24) is 15.6 Å². The first-order valence-corrected chi connectivity index (χ1v) is 10.4. The summed E-state index contributed by atoms with van der Waals surface area (Å²) in [6.07, 6.45) is 5.58. The van der Waals surface area contributed by atoms with Crippen LogP contribution in [0.3, 0.4) is 0 Å².